The molecule has 0 bridgehead atoms. The first-order valence-corrected chi connectivity index (χ1v) is 5.17. The molecule has 0 aliphatic heterocycles. The van der Waals surface area contributed by atoms with E-state index in [-0.39, 0.29) is 0 Å². The zero-order valence-corrected chi connectivity index (χ0v) is 8.41. The Kier molecular flexibility index (Phi) is 4.01. The summed E-state index contributed by atoms with van der Waals surface area (Å²) < 4.78 is 0. The molecule has 3 heteroatoms. The average Bonchev–Trinajstić information content (AvgIpc) is 2.15. The molecule has 0 N–H and O–H groups in total. The first kappa shape index (κ1) is 9.46. The monoisotopic (exact) mass is 195 g/mol. The van der Waals surface area contributed by atoms with Crippen molar-refractivity contribution in [1.82, 2.24) is 0 Å². The molecule has 1 nitrogen and oxygen atoms in total. The van der Waals surface area contributed by atoms with Crippen molar-refractivity contribution >= 4 is 29.1 Å². The van der Waals surface area contributed by atoms with E-state index in [1.54, 1.807) is 11.8 Å². The van der Waals surface area contributed by atoms with Gasteiger partial charge in [-0.25, -0.2) is 4.99 Å². The summed E-state index contributed by atoms with van der Waals surface area (Å²) in [5.41, 5.74) is 1.21. The van der Waals surface area contributed by atoms with E-state index in [0.29, 0.717) is 6.54 Å². The van der Waals surface area contributed by atoms with E-state index in [1.165, 1.54) is 10.5 Å². The van der Waals surface area contributed by atoms with Gasteiger partial charge in [0.05, 0.1) is 11.7 Å². The Balaban J connectivity index is 2.88. The Morgan fingerprint density at radius 3 is 2.92 bits per heavy atom. The molecule has 0 aliphatic rings. The number of rotatable bonds is 3. The van der Waals surface area contributed by atoms with Crippen LogP contribution in [0.1, 0.15) is 5.56 Å². The lowest BCUT2D eigenvalue weighted by molar-refractivity contribution is 1.04. The van der Waals surface area contributed by atoms with Gasteiger partial charge in [0.1, 0.15) is 0 Å². The highest BCUT2D eigenvalue weighted by Gasteiger charge is 1.97. The van der Waals surface area contributed by atoms with Crippen molar-refractivity contribution in [1.29, 1.82) is 0 Å². The van der Waals surface area contributed by atoms with Crippen LogP contribution in [0.4, 0.5) is 0 Å². The Hall–Kier alpha value is -0.630. The minimum Gasteiger partial charge on any atom is -0.228 e. The number of aliphatic imine (C=N–C) groups is 1. The largest absolute Gasteiger partial charge is 0.228 e. The predicted molar refractivity (Wildman–Crippen MR) is 57.0 cm³/mol. The lowest BCUT2D eigenvalue weighted by Crippen LogP contribution is -1.83. The summed E-state index contributed by atoms with van der Waals surface area (Å²) in [6.45, 7) is 0.639. The molecule has 12 heavy (non-hydrogen) atoms. The summed E-state index contributed by atoms with van der Waals surface area (Å²) in [6.07, 6.45) is 2.06. The second-order valence-electron chi connectivity index (χ2n) is 2.22. The number of isothiocyanates is 1. The molecular formula is C9H9NS2. The molecule has 0 unspecified atom stereocenters. The minimum atomic E-state index is 0.639. The van der Waals surface area contributed by atoms with E-state index in [1.807, 2.05) is 12.1 Å². The van der Waals surface area contributed by atoms with Gasteiger partial charge in [0.25, 0.3) is 0 Å². The molecule has 62 valence electrons. The molecule has 0 radical (unpaired) electrons. The molecule has 0 heterocycles. The third-order valence-electron chi connectivity index (χ3n) is 1.51. The topological polar surface area (TPSA) is 12.4 Å². The molecule has 0 aliphatic carbocycles. The first-order valence-electron chi connectivity index (χ1n) is 3.54. The highest BCUT2D eigenvalue weighted by molar-refractivity contribution is 7.98. The van der Waals surface area contributed by atoms with Gasteiger partial charge in [0.15, 0.2) is 0 Å². The number of hydrogen-bond acceptors (Lipinski definition) is 3. The minimum absolute atomic E-state index is 0.639. The van der Waals surface area contributed by atoms with E-state index in [0.717, 1.165) is 0 Å². The SMILES string of the molecule is CSc1ccccc1CN=C=S. The van der Waals surface area contributed by atoms with Crippen molar-refractivity contribution < 1.29 is 0 Å². The van der Waals surface area contributed by atoms with Crippen LogP contribution in [0.5, 0.6) is 0 Å². The summed E-state index contributed by atoms with van der Waals surface area (Å²) in [5, 5.41) is 2.37. The Labute approximate surface area is 81.9 Å². The summed E-state index contributed by atoms with van der Waals surface area (Å²) in [7, 11) is 0. The van der Waals surface area contributed by atoms with E-state index in [9.17, 15) is 0 Å². The number of hydrogen-bond donors (Lipinski definition) is 0. The summed E-state index contributed by atoms with van der Waals surface area (Å²) >= 11 is 6.23. The molecule has 1 aromatic rings. The van der Waals surface area contributed by atoms with Crippen molar-refractivity contribution in [2.45, 2.75) is 11.4 Å². The van der Waals surface area contributed by atoms with Crippen LogP contribution < -0.4 is 0 Å². The van der Waals surface area contributed by atoms with Crippen LogP contribution in [0.3, 0.4) is 0 Å². The quantitative estimate of drug-likeness (QED) is 0.417. The van der Waals surface area contributed by atoms with Gasteiger partial charge in [0.2, 0.25) is 0 Å². The number of thiocarbonyl (C=S) groups is 1. The second kappa shape index (κ2) is 5.09. The molecule has 0 saturated heterocycles. The van der Waals surface area contributed by atoms with Crippen molar-refractivity contribution in [3.05, 3.63) is 29.8 Å². The molecule has 0 amide bonds. The highest BCUT2D eigenvalue weighted by Crippen LogP contribution is 2.20. The summed E-state index contributed by atoms with van der Waals surface area (Å²) in [5.74, 6) is 0. The fourth-order valence-corrected chi connectivity index (χ4v) is 1.63. The van der Waals surface area contributed by atoms with Crippen LogP contribution >= 0.6 is 24.0 Å². The van der Waals surface area contributed by atoms with Crippen LogP contribution in [0, 0.1) is 0 Å². The van der Waals surface area contributed by atoms with E-state index >= 15 is 0 Å². The van der Waals surface area contributed by atoms with Crippen LogP contribution in [-0.4, -0.2) is 11.4 Å². The van der Waals surface area contributed by atoms with Gasteiger partial charge in [-0.15, -0.1) is 11.8 Å². The fraction of sp³-hybridized carbons (Fsp3) is 0.222. The Bertz CT molecular complexity index is 303. The first-order chi connectivity index (χ1) is 5.88. The molecule has 0 fully saturated rings. The lowest BCUT2D eigenvalue weighted by Gasteiger charge is -2.01. The third-order valence-corrected chi connectivity index (χ3v) is 2.47. The normalized spacial score (nSPS) is 9.08. The number of benzene rings is 1. The molecular weight excluding hydrogens is 186 g/mol. The van der Waals surface area contributed by atoms with Gasteiger partial charge in [-0.05, 0) is 30.1 Å². The summed E-state index contributed by atoms with van der Waals surface area (Å²) in [4.78, 5) is 5.16. The van der Waals surface area contributed by atoms with Crippen molar-refractivity contribution in [2.75, 3.05) is 6.26 Å². The number of thioether (sulfide) groups is 1. The Morgan fingerprint density at radius 2 is 2.25 bits per heavy atom. The van der Waals surface area contributed by atoms with E-state index in [4.69, 9.17) is 0 Å². The standard InChI is InChI=1S/C9H9NS2/c1-12-9-5-3-2-4-8(9)6-10-7-11/h2-5H,6H2,1H3. The van der Waals surface area contributed by atoms with Gasteiger partial charge in [-0.1, -0.05) is 18.2 Å². The second-order valence-corrected chi connectivity index (χ2v) is 3.25. The third kappa shape index (κ3) is 2.45. The molecule has 0 saturated carbocycles. The fourth-order valence-electron chi connectivity index (χ4n) is 0.951. The highest BCUT2D eigenvalue weighted by atomic mass is 32.2. The zero-order chi connectivity index (χ0) is 8.81. The van der Waals surface area contributed by atoms with E-state index in [2.05, 4.69) is 40.8 Å². The van der Waals surface area contributed by atoms with Crippen LogP contribution in [0.15, 0.2) is 34.2 Å². The van der Waals surface area contributed by atoms with Crippen LogP contribution in [0.25, 0.3) is 0 Å². The van der Waals surface area contributed by atoms with Crippen molar-refractivity contribution in [3.8, 4) is 0 Å². The molecule has 0 atom stereocenters. The van der Waals surface area contributed by atoms with Gasteiger partial charge < -0.3 is 0 Å². The Morgan fingerprint density at radius 1 is 1.50 bits per heavy atom. The molecule has 1 rings (SSSR count). The predicted octanol–water partition coefficient (Wildman–Crippen LogP) is 3.01. The maximum absolute atomic E-state index is 4.51. The van der Waals surface area contributed by atoms with Gasteiger partial charge in [-0.2, -0.15) is 0 Å². The molecule has 0 spiro atoms. The van der Waals surface area contributed by atoms with Gasteiger partial charge >= 0.3 is 0 Å². The van der Waals surface area contributed by atoms with Crippen molar-refractivity contribution in [2.24, 2.45) is 4.99 Å². The average molecular weight is 195 g/mol. The summed E-state index contributed by atoms with van der Waals surface area (Å²) in [6, 6.07) is 8.17. The van der Waals surface area contributed by atoms with E-state index < -0.39 is 0 Å². The maximum atomic E-state index is 4.51. The lowest BCUT2D eigenvalue weighted by atomic mass is 10.2. The zero-order valence-electron chi connectivity index (χ0n) is 6.78. The smallest absolute Gasteiger partial charge is 0.0754 e. The molecule has 1 aromatic carbocycles. The maximum Gasteiger partial charge on any atom is 0.0754 e. The van der Waals surface area contributed by atoms with Crippen LogP contribution in [0.2, 0.25) is 0 Å². The van der Waals surface area contributed by atoms with Gasteiger partial charge in [-0.3, -0.25) is 0 Å². The number of nitrogens with zero attached hydrogens (tertiary/aromatic N) is 1. The molecule has 0 aromatic heterocycles. The van der Waals surface area contributed by atoms with Crippen molar-refractivity contribution in [3.63, 3.8) is 0 Å². The van der Waals surface area contributed by atoms with Gasteiger partial charge in [0, 0.05) is 4.90 Å². The van der Waals surface area contributed by atoms with Crippen LogP contribution in [-0.2, 0) is 6.54 Å².